The van der Waals surface area contributed by atoms with Crippen molar-refractivity contribution in [1.82, 2.24) is 9.78 Å². The van der Waals surface area contributed by atoms with E-state index in [1.165, 1.54) is 17.0 Å². The third-order valence-corrected chi connectivity index (χ3v) is 3.10. The zero-order valence-corrected chi connectivity index (χ0v) is 12.2. The Bertz CT molecular complexity index is 358. The highest BCUT2D eigenvalue weighted by Crippen LogP contribution is 2.18. The summed E-state index contributed by atoms with van der Waals surface area (Å²) in [6.45, 7) is 10.7. The maximum atomic E-state index is 5.94. The van der Waals surface area contributed by atoms with Gasteiger partial charge in [0.05, 0.1) is 18.8 Å². The van der Waals surface area contributed by atoms with Crippen LogP contribution in [0.3, 0.4) is 0 Å². The maximum absolute atomic E-state index is 5.94. The first-order chi connectivity index (χ1) is 8.63. The Hall–Kier alpha value is -0.870. The Morgan fingerprint density at radius 1 is 1.28 bits per heavy atom. The second kappa shape index (κ2) is 7.54. The molecule has 104 valence electrons. The average molecular weight is 253 g/mol. The Balaban J connectivity index is 2.92. The normalized spacial score (nSPS) is 12.9. The van der Waals surface area contributed by atoms with E-state index in [1.807, 2.05) is 6.92 Å². The maximum Gasteiger partial charge on any atom is 0.0662 e. The first-order valence-corrected chi connectivity index (χ1v) is 7.04. The monoisotopic (exact) mass is 253 g/mol. The van der Waals surface area contributed by atoms with Crippen molar-refractivity contribution in [2.75, 3.05) is 13.2 Å². The van der Waals surface area contributed by atoms with Gasteiger partial charge in [0.1, 0.15) is 0 Å². The Kier molecular flexibility index (Phi) is 6.36. The van der Waals surface area contributed by atoms with Crippen molar-refractivity contribution in [3.8, 4) is 0 Å². The van der Waals surface area contributed by atoms with Crippen LogP contribution in [0.25, 0.3) is 0 Å². The molecule has 0 fully saturated rings. The van der Waals surface area contributed by atoms with E-state index in [4.69, 9.17) is 15.6 Å². The van der Waals surface area contributed by atoms with Crippen LogP contribution in [0.4, 0.5) is 0 Å². The SMILES string of the molecule is CCOCCn1nc(CC)c(CC(C)N)c1CC. The highest BCUT2D eigenvalue weighted by atomic mass is 16.5. The Labute approximate surface area is 111 Å². The number of aromatic nitrogens is 2. The second-order valence-electron chi connectivity index (χ2n) is 4.68. The number of ether oxygens (including phenoxy) is 1. The van der Waals surface area contributed by atoms with Crippen LogP contribution in [0, 0.1) is 0 Å². The molecule has 1 unspecified atom stereocenters. The van der Waals surface area contributed by atoms with E-state index in [2.05, 4.69) is 25.5 Å². The predicted molar refractivity (Wildman–Crippen MR) is 74.8 cm³/mol. The van der Waals surface area contributed by atoms with Gasteiger partial charge in [0.15, 0.2) is 0 Å². The highest BCUT2D eigenvalue weighted by molar-refractivity contribution is 5.27. The van der Waals surface area contributed by atoms with Gasteiger partial charge in [-0.05, 0) is 38.7 Å². The molecule has 0 spiro atoms. The number of hydrogen-bond donors (Lipinski definition) is 1. The molecule has 1 heterocycles. The van der Waals surface area contributed by atoms with Crippen LogP contribution in [0.2, 0.25) is 0 Å². The van der Waals surface area contributed by atoms with Crippen molar-refractivity contribution in [2.24, 2.45) is 5.73 Å². The number of rotatable bonds is 8. The summed E-state index contributed by atoms with van der Waals surface area (Å²) in [6.07, 6.45) is 2.89. The van der Waals surface area contributed by atoms with Gasteiger partial charge in [-0.15, -0.1) is 0 Å². The van der Waals surface area contributed by atoms with Crippen LogP contribution in [0.5, 0.6) is 0 Å². The van der Waals surface area contributed by atoms with E-state index >= 15 is 0 Å². The fourth-order valence-corrected chi connectivity index (χ4v) is 2.31. The molecule has 0 amide bonds. The van der Waals surface area contributed by atoms with Gasteiger partial charge in [0.2, 0.25) is 0 Å². The molecule has 4 heteroatoms. The third-order valence-electron chi connectivity index (χ3n) is 3.10. The zero-order chi connectivity index (χ0) is 13.5. The summed E-state index contributed by atoms with van der Waals surface area (Å²) < 4.78 is 7.52. The fraction of sp³-hybridized carbons (Fsp3) is 0.786. The van der Waals surface area contributed by atoms with E-state index in [0.29, 0.717) is 0 Å². The molecule has 1 aromatic rings. The molecule has 0 aromatic carbocycles. The lowest BCUT2D eigenvalue weighted by Gasteiger charge is -2.09. The van der Waals surface area contributed by atoms with Gasteiger partial charge >= 0.3 is 0 Å². The lowest BCUT2D eigenvalue weighted by Crippen LogP contribution is -2.19. The van der Waals surface area contributed by atoms with E-state index in [-0.39, 0.29) is 6.04 Å². The minimum absolute atomic E-state index is 0.185. The molecule has 1 aromatic heterocycles. The van der Waals surface area contributed by atoms with E-state index < -0.39 is 0 Å². The van der Waals surface area contributed by atoms with Gasteiger partial charge in [-0.3, -0.25) is 4.68 Å². The summed E-state index contributed by atoms with van der Waals surface area (Å²) in [4.78, 5) is 0. The van der Waals surface area contributed by atoms with Crippen LogP contribution < -0.4 is 5.73 Å². The molecule has 0 radical (unpaired) electrons. The molecule has 0 bridgehead atoms. The smallest absolute Gasteiger partial charge is 0.0662 e. The van der Waals surface area contributed by atoms with Crippen LogP contribution in [0.15, 0.2) is 0 Å². The molecule has 18 heavy (non-hydrogen) atoms. The van der Waals surface area contributed by atoms with Crippen molar-refractivity contribution < 1.29 is 4.74 Å². The summed E-state index contributed by atoms with van der Waals surface area (Å²) in [5.74, 6) is 0. The van der Waals surface area contributed by atoms with Crippen molar-refractivity contribution in [3.05, 3.63) is 17.0 Å². The van der Waals surface area contributed by atoms with E-state index in [0.717, 1.165) is 39.0 Å². The summed E-state index contributed by atoms with van der Waals surface area (Å²) in [7, 11) is 0. The molecular weight excluding hydrogens is 226 g/mol. The zero-order valence-electron chi connectivity index (χ0n) is 12.2. The van der Waals surface area contributed by atoms with Gasteiger partial charge in [-0.1, -0.05) is 13.8 Å². The summed E-state index contributed by atoms with van der Waals surface area (Å²) in [5, 5.41) is 4.71. The van der Waals surface area contributed by atoms with Crippen molar-refractivity contribution in [3.63, 3.8) is 0 Å². The molecule has 0 aliphatic carbocycles. The van der Waals surface area contributed by atoms with Crippen molar-refractivity contribution >= 4 is 0 Å². The summed E-state index contributed by atoms with van der Waals surface area (Å²) >= 11 is 0. The first kappa shape index (κ1) is 15.2. The summed E-state index contributed by atoms with van der Waals surface area (Å²) in [6, 6.07) is 0.185. The minimum Gasteiger partial charge on any atom is -0.380 e. The minimum atomic E-state index is 0.185. The van der Waals surface area contributed by atoms with Gasteiger partial charge in [0.25, 0.3) is 0 Å². The molecule has 4 nitrogen and oxygen atoms in total. The average Bonchev–Trinajstić information content (AvgIpc) is 2.66. The topological polar surface area (TPSA) is 53.1 Å². The number of nitrogens with two attached hydrogens (primary N) is 1. The number of hydrogen-bond acceptors (Lipinski definition) is 3. The second-order valence-corrected chi connectivity index (χ2v) is 4.68. The standard InChI is InChI=1S/C14H27N3O/c1-5-13-12(10-11(4)15)14(6-2)17(16-13)8-9-18-7-3/h11H,5-10,15H2,1-4H3. The van der Waals surface area contributed by atoms with Crippen LogP contribution >= 0.6 is 0 Å². The van der Waals surface area contributed by atoms with Gasteiger partial charge in [0, 0.05) is 18.3 Å². The largest absolute Gasteiger partial charge is 0.380 e. The van der Waals surface area contributed by atoms with Crippen LogP contribution in [-0.2, 0) is 30.5 Å². The molecule has 2 N–H and O–H groups in total. The fourth-order valence-electron chi connectivity index (χ4n) is 2.31. The molecule has 0 aliphatic heterocycles. The number of nitrogens with zero attached hydrogens (tertiary/aromatic N) is 2. The van der Waals surface area contributed by atoms with Gasteiger partial charge < -0.3 is 10.5 Å². The van der Waals surface area contributed by atoms with E-state index in [9.17, 15) is 0 Å². The lowest BCUT2D eigenvalue weighted by molar-refractivity contribution is 0.135. The molecule has 0 saturated carbocycles. The van der Waals surface area contributed by atoms with Crippen LogP contribution in [-0.4, -0.2) is 29.0 Å². The first-order valence-electron chi connectivity index (χ1n) is 7.04. The van der Waals surface area contributed by atoms with E-state index in [1.54, 1.807) is 0 Å². The quantitative estimate of drug-likeness (QED) is 0.720. The Morgan fingerprint density at radius 2 is 2.00 bits per heavy atom. The van der Waals surface area contributed by atoms with Crippen molar-refractivity contribution in [1.29, 1.82) is 0 Å². The molecule has 1 atom stereocenters. The third kappa shape index (κ3) is 3.82. The molecule has 1 rings (SSSR count). The van der Waals surface area contributed by atoms with Gasteiger partial charge in [-0.2, -0.15) is 5.10 Å². The predicted octanol–water partition coefficient (Wildman–Crippen LogP) is 1.93. The highest BCUT2D eigenvalue weighted by Gasteiger charge is 2.16. The van der Waals surface area contributed by atoms with Crippen molar-refractivity contribution in [2.45, 2.75) is 59.5 Å². The summed E-state index contributed by atoms with van der Waals surface area (Å²) in [5.41, 5.74) is 9.81. The Morgan fingerprint density at radius 3 is 2.50 bits per heavy atom. The molecule has 0 aliphatic rings. The van der Waals surface area contributed by atoms with Crippen LogP contribution in [0.1, 0.15) is 44.6 Å². The lowest BCUT2D eigenvalue weighted by atomic mass is 10.0. The molecular formula is C14H27N3O. The molecule has 0 saturated heterocycles. The van der Waals surface area contributed by atoms with Gasteiger partial charge in [-0.25, -0.2) is 0 Å². The number of aryl methyl sites for hydroxylation is 1.